The van der Waals surface area contributed by atoms with Gasteiger partial charge in [-0.15, -0.1) is 0 Å². The van der Waals surface area contributed by atoms with E-state index in [0.717, 1.165) is 6.54 Å². The van der Waals surface area contributed by atoms with Crippen LogP contribution in [0.15, 0.2) is 54.6 Å². The SMILES string of the molecule is [Li][C](CCCCC)(c1ccccc1)c1ccccc1CN(C)C. The van der Waals surface area contributed by atoms with Crippen LogP contribution >= 0.6 is 0 Å². The first-order valence-corrected chi connectivity index (χ1v) is 8.86. The number of rotatable bonds is 8. The van der Waals surface area contributed by atoms with Crippen LogP contribution < -0.4 is 0 Å². The molecule has 118 valence electrons. The van der Waals surface area contributed by atoms with E-state index in [2.05, 4.69) is 98.2 Å². The fraction of sp³-hybridized carbons (Fsp3) is 0.429. The van der Waals surface area contributed by atoms with Crippen molar-refractivity contribution >= 4 is 17.7 Å². The van der Waals surface area contributed by atoms with Crippen molar-refractivity contribution in [2.24, 2.45) is 0 Å². The van der Waals surface area contributed by atoms with Crippen LogP contribution in [0.25, 0.3) is 0 Å². The molecule has 0 spiro atoms. The van der Waals surface area contributed by atoms with Gasteiger partial charge in [-0.2, -0.15) is 0 Å². The van der Waals surface area contributed by atoms with Crippen LogP contribution in [0.2, 0.25) is 0 Å². The van der Waals surface area contributed by atoms with Gasteiger partial charge in [-0.25, -0.2) is 0 Å². The molecule has 0 heterocycles. The van der Waals surface area contributed by atoms with Crippen LogP contribution in [-0.2, 0) is 10.6 Å². The van der Waals surface area contributed by atoms with Gasteiger partial charge in [-0.3, -0.25) is 0 Å². The molecule has 0 aliphatic rings. The van der Waals surface area contributed by atoms with Crippen molar-refractivity contribution in [2.45, 2.75) is 43.2 Å². The molecule has 2 heteroatoms. The molecule has 2 aromatic carbocycles. The van der Waals surface area contributed by atoms with E-state index in [9.17, 15) is 0 Å². The summed E-state index contributed by atoms with van der Waals surface area (Å²) in [6, 6.07) is 20.0. The van der Waals surface area contributed by atoms with E-state index in [1.807, 2.05) is 0 Å². The fourth-order valence-electron chi connectivity index (χ4n) is 3.51. The molecule has 0 aromatic heterocycles. The van der Waals surface area contributed by atoms with Gasteiger partial charge in [0.15, 0.2) is 0 Å². The molecule has 2 aromatic rings. The molecule has 0 N–H and O–H groups in total. The Hall–Kier alpha value is -1.00. The summed E-state index contributed by atoms with van der Waals surface area (Å²) in [4.78, 5) is 2.26. The molecule has 0 aliphatic heterocycles. The molecule has 1 unspecified atom stereocenters. The second kappa shape index (κ2) is 8.74. The van der Waals surface area contributed by atoms with Crippen molar-refractivity contribution in [1.29, 1.82) is 0 Å². The van der Waals surface area contributed by atoms with Gasteiger partial charge in [0.05, 0.1) is 0 Å². The summed E-state index contributed by atoms with van der Waals surface area (Å²) in [6.07, 6.45) is 5.05. The fourth-order valence-corrected chi connectivity index (χ4v) is 3.51. The van der Waals surface area contributed by atoms with E-state index in [4.69, 9.17) is 0 Å². The van der Waals surface area contributed by atoms with Gasteiger partial charge in [-0.05, 0) is 0 Å². The zero-order valence-corrected chi connectivity index (χ0v) is 15.2. The molecule has 23 heavy (non-hydrogen) atoms. The number of benzene rings is 2. The molecule has 0 bridgehead atoms. The molecule has 0 aliphatic carbocycles. The van der Waals surface area contributed by atoms with Gasteiger partial charge >= 0.3 is 151 Å². The summed E-state index contributed by atoms with van der Waals surface area (Å²) < 4.78 is 0.0863. The van der Waals surface area contributed by atoms with Crippen LogP contribution in [0.5, 0.6) is 0 Å². The van der Waals surface area contributed by atoms with Crippen LogP contribution in [0.3, 0.4) is 0 Å². The summed E-state index contributed by atoms with van der Waals surface area (Å²) >= 11 is 2.42. The third kappa shape index (κ3) is 4.74. The molecular weight excluding hydrogens is 273 g/mol. The standard InChI is InChI=1S/C21H28N.Li/c1-4-5-7-15-20(18-12-8-6-9-13-18)21-16-11-10-14-19(21)17-22(2)3;/h6,8-14,16H,4-5,7,15,17H2,1-3H3;. The summed E-state index contributed by atoms with van der Waals surface area (Å²) in [7, 11) is 4.29. The average molecular weight is 301 g/mol. The molecule has 0 saturated heterocycles. The normalized spacial score (nSPS) is 14.0. The third-order valence-electron chi connectivity index (χ3n) is 4.79. The Morgan fingerprint density at radius 3 is 2.22 bits per heavy atom. The van der Waals surface area contributed by atoms with Gasteiger partial charge in [0, 0.05) is 0 Å². The number of hydrogen-bond donors (Lipinski definition) is 0. The van der Waals surface area contributed by atoms with Crippen LogP contribution in [0.4, 0.5) is 0 Å². The average Bonchev–Trinajstić information content (AvgIpc) is 2.56. The second-order valence-electron chi connectivity index (χ2n) is 7.05. The quantitative estimate of drug-likeness (QED) is 0.503. The van der Waals surface area contributed by atoms with E-state index < -0.39 is 0 Å². The van der Waals surface area contributed by atoms with Gasteiger partial charge in [0.25, 0.3) is 0 Å². The molecule has 0 fully saturated rings. The number of hydrogen-bond acceptors (Lipinski definition) is 1. The predicted molar refractivity (Wildman–Crippen MR) is 101 cm³/mol. The van der Waals surface area contributed by atoms with E-state index in [1.54, 1.807) is 0 Å². The molecular formula is C21H28LiN. The molecule has 1 nitrogen and oxygen atoms in total. The Bertz CT molecular complexity index is 594. The first-order valence-electron chi connectivity index (χ1n) is 8.86. The minimum atomic E-state index is 0.0863. The van der Waals surface area contributed by atoms with E-state index in [1.165, 1.54) is 42.4 Å². The van der Waals surface area contributed by atoms with Crippen molar-refractivity contribution in [2.75, 3.05) is 14.1 Å². The van der Waals surface area contributed by atoms with Crippen LogP contribution in [0, 0.1) is 0 Å². The maximum atomic E-state index is 2.42. The zero-order chi connectivity index (χ0) is 16.7. The van der Waals surface area contributed by atoms with E-state index >= 15 is 0 Å². The van der Waals surface area contributed by atoms with Gasteiger partial charge in [0.2, 0.25) is 0 Å². The Morgan fingerprint density at radius 2 is 1.57 bits per heavy atom. The van der Waals surface area contributed by atoms with Crippen LogP contribution in [0.1, 0.15) is 49.3 Å². The molecule has 0 amide bonds. The minimum absolute atomic E-state index is 0.0863. The van der Waals surface area contributed by atoms with E-state index in [0.29, 0.717) is 0 Å². The van der Waals surface area contributed by atoms with E-state index in [-0.39, 0.29) is 4.09 Å². The molecule has 0 saturated carbocycles. The van der Waals surface area contributed by atoms with Gasteiger partial charge in [0.1, 0.15) is 0 Å². The summed E-state index contributed by atoms with van der Waals surface area (Å²) in [5, 5.41) is 0. The van der Waals surface area contributed by atoms with Crippen molar-refractivity contribution in [1.82, 2.24) is 4.90 Å². The number of nitrogens with zero attached hydrogens (tertiary/aromatic N) is 1. The Kier molecular flexibility index (Phi) is 6.97. The van der Waals surface area contributed by atoms with Crippen molar-refractivity contribution in [3.63, 3.8) is 0 Å². The van der Waals surface area contributed by atoms with Crippen molar-refractivity contribution < 1.29 is 0 Å². The molecule has 1 atom stereocenters. The zero-order valence-electron chi connectivity index (χ0n) is 15.2. The topological polar surface area (TPSA) is 3.24 Å². The maximum absolute atomic E-state index is 2.42. The monoisotopic (exact) mass is 301 g/mol. The molecule has 2 rings (SSSR count). The Morgan fingerprint density at radius 1 is 0.913 bits per heavy atom. The summed E-state index contributed by atoms with van der Waals surface area (Å²) in [5.74, 6) is 0. The number of unbranched alkanes of at least 4 members (excludes halogenated alkanes) is 2. The van der Waals surface area contributed by atoms with Gasteiger partial charge < -0.3 is 0 Å². The Balaban J connectivity index is 2.45. The van der Waals surface area contributed by atoms with Crippen LogP contribution in [-0.4, -0.2) is 36.7 Å². The van der Waals surface area contributed by atoms with Crippen molar-refractivity contribution in [3.05, 3.63) is 71.3 Å². The Labute approximate surface area is 151 Å². The summed E-state index contributed by atoms with van der Waals surface area (Å²) in [6.45, 7) is 3.27. The molecule has 0 radical (unpaired) electrons. The second-order valence-corrected chi connectivity index (χ2v) is 7.05. The summed E-state index contributed by atoms with van der Waals surface area (Å²) in [5.41, 5.74) is 4.36. The predicted octanol–water partition coefficient (Wildman–Crippen LogP) is 4.74. The first-order chi connectivity index (χ1) is 11.1. The third-order valence-corrected chi connectivity index (χ3v) is 4.79. The first kappa shape index (κ1) is 18.3. The van der Waals surface area contributed by atoms with Gasteiger partial charge in [-0.1, -0.05) is 0 Å². The van der Waals surface area contributed by atoms with Crippen molar-refractivity contribution in [3.8, 4) is 0 Å².